The fraction of sp³-hybridized carbons (Fsp3) is 0.579. The van der Waals surface area contributed by atoms with E-state index in [1.807, 2.05) is 35.0 Å². The number of likely N-dealkylation sites (N-methyl/N-ethyl adjacent to an activating group) is 1. The second-order valence-electron chi connectivity index (χ2n) is 7.09. The zero-order valence-corrected chi connectivity index (χ0v) is 14.9. The van der Waals surface area contributed by atoms with Crippen molar-refractivity contribution < 1.29 is 14.7 Å². The minimum atomic E-state index is -0.788. The molecule has 6 nitrogen and oxygen atoms in total. The van der Waals surface area contributed by atoms with Gasteiger partial charge in [0.05, 0.1) is 13.1 Å². The minimum absolute atomic E-state index is 0.0775. The molecule has 0 radical (unpaired) electrons. The van der Waals surface area contributed by atoms with Gasteiger partial charge in [-0.1, -0.05) is 18.2 Å². The summed E-state index contributed by atoms with van der Waals surface area (Å²) in [6.07, 6.45) is 3.88. The first-order valence-corrected chi connectivity index (χ1v) is 9.07. The summed E-state index contributed by atoms with van der Waals surface area (Å²) in [7, 11) is 1.87. The molecule has 6 heteroatoms. The summed E-state index contributed by atoms with van der Waals surface area (Å²) in [6.45, 7) is 3.01. The van der Waals surface area contributed by atoms with Crippen LogP contribution < -0.4 is 4.90 Å². The van der Waals surface area contributed by atoms with E-state index in [2.05, 4.69) is 11.0 Å². The number of rotatable bonds is 5. The summed E-state index contributed by atoms with van der Waals surface area (Å²) in [6, 6.07) is 8.47. The van der Waals surface area contributed by atoms with Gasteiger partial charge < -0.3 is 10.0 Å². The fourth-order valence-corrected chi connectivity index (χ4v) is 3.93. The van der Waals surface area contributed by atoms with Crippen LogP contribution in [-0.2, 0) is 16.0 Å². The quantitative estimate of drug-likeness (QED) is 0.875. The number of carboxylic acids is 1. The maximum atomic E-state index is 12.8. The van der Waals surface area contributed by atoms with Crippen molar-refractivity contribution in [3.8, 4) is 0 Å². The third-order valence-corrected chi connectivity index (χ3v) is 5.34. The highest BCUT2D eigenvalue weighted by Crippen LogP contribution is 2.27. The zero-order valence-electron chi connectivity index (χ0n) is 14.9. The second-order valence-corrected chi connectivity index (χ2v) is 7.09. The number of carbonyl (C=O) groups is 2. The molecule has 0 aromatic heterocycles. The van der Waals surface area contributed by atoms with Gasteiger partial charge in [0, 0.05) is 31.4 Å². The Kier molecular flexibility index (Phi) is 5.71. The highest BCUT2D eigenvalue weighted by Gasteiger charge is 2.27. The lowest BCUT2D eigenvalue weighted by atomic mass is 10.0. The number of piperidine rings is 1. The molecule has 2 aliphatic rings. The monoisotopic (exact) mass is 345 g/mol. The molecule has 3 rings (SSSR count). The van der Waals surface area contributed by atoms with Crippen LogP contribution in [-0.4, -0.2) is 72.6 Å². The molecule has 1 aromatic rings. The van der Waals surface area contributed by atoms with E-state index in [9.17, 15) is 9.59 Å². The number of nitrogens with zero attached hydrogens (tertiary/aromatic N) is 3. The first-order valence-electron chi connectivity index (χ1n) is 9.07. The standard InChI is InChI=1S/C19H27N3O3/c1-20(14-19(24)25)16-8-11-21(12-9-16)13-18(23)22-10-4-6-15-5-2-3-7-17(15)22/h2-3,5,7,16H,4,6,8-14H2,1H3,(H,24,25). The molecule has 0 saturated carbocycles. The highest BCUT2D eigenvalue weighted by molar-refractivity contribution is 5.95. The summed E-state index contributed by atoms with van der Waals surface area (Å²) < 4.78 is 0. The highest BCUT2D eigenvalue weighted by atomic mass is 16.4. The van der Waals surface area contributed by atoms with Gasteiger partial charge in [0.25, 0.3) is 0 Å². The molecule has 25 heavy (non-hydrogen) atoms. The molecule has 136 valence electrons. The van der Waals surface area contributed by atoms with Gasteiger partial charge in [-0.2, -0.15) is 0 Å². The number of aliphatic carboxylic acids is 1. The number of fused-ring (bicyclic) bond motifs is 1. The number of likely N-dealkylation sites (tertiary alicyclic amines) is 1. The maximum absolute atomic E-state index is 12.8. The largest absolute Gasteiger partial charge is 0.480 e. The third-order valence-electron chi connectivity index (χ3n) is 5.34. The third kappa shape index (κ3) is 4.38. The Labute approximate surface area is 149 Å². The SMILES string of the molecule is CN(CC(=O)O)C1CCN(CC(=O)N2CCCc3ccccc32)CC1. The maximum Gasteiger partial charge on any atom is 0.317 e. The molecule has 0 atom stereocenters. The topological polar surface area (TPSA) is 64.1 Å². The Morgan fingerprint density at radius 2 is 1.92 bits per heavy atom. The van der Waals surface area contributed by atoms with E-state index >= 15 is 0 Å². The van der Waals surface area contributed by atoms with Crippen LogP contribution >= 0.6 is 0 Å². The van der Waals surface area contributed by atoms with Crippen molar-refractivity contribution >= 4 is 17.6 Å². The van der Waals surface area contributed by atoms with Crippen LogP contribution in [0.25, 0.3) is 0 Å². The van der Waals surface area contributed by atoms with Crippen molar-refractivity contribution in [1.29, 1.82) is 0 Å². The van der Waals surface area contributed by atoms with E-state index in [1.165, 1.54) is 5.56 Å². The van der Waals surface area contributed by atoms with E-state index in [0.717, 1.165) is 51.0 Å². The summed E-state index contributed by atoms with van der Waals surface area (Å²) in [5.41, 5.74) is 2.32. The van der Waals surface area contributed by atoms with Crippen LogP contribution in [0.1, 0.15) is 24.8 Å². The summed E-state index contributed by atoms with van der Waals surface area (Å²) >= 11 is 0. The number of carboxylic acid groups (broad SMARTS) is 1. The normalized spacial score (nSPS) is 19.0. The molecule has 1 fully saturated rings. The molecule has 1 N–H and O–H groups in total. The smallest absolute Gasteiger partial charge is 0.317 e. The average Bonchev–Trinajstić information content (AvgIpc) is 2.61. The van der Waals surface area contributed by atoms with E-state index in [0.29, 0.717) is 6.54 Å². The van der Waals surface area contributed by atoms with Gasteiger partial charge in [-0.05, 0) is 44.4 Å². The molecular weight excluding hydrogens is 318 g/mol. The molecular formula is C19H27N3O3. The molecule has 1 aromatic carbocycles. The molecule has 0 spiro atoms. The number of para-hydroxylation sites is 1. The predicted octanol–water partition coefficient (Wildman–Crippen LogP) is 1.45. The first-order chi connectivity index (χ1) is 12.0. The molecule has 2 aliphatic heterocycles. The predicted molar refractivity (Wildman–Crippen MR) is 96.8 cm³/mol. The Morgan fingerprint density at radius 3 is 2.64 bits per heavy atom. The van der Waals surface area contributed by atoms with Crippen molar-refractivity contribution in [3.63, 3.8) is 0 Å². The number of benzene rings is 1. The zero-order chi connectivity index (χ0) is 17.8. The molecule has 2 heterocycles. The van der Waals surface area contributed by atoms with E-state index < -0.39 is 5.97 Å². The molecule has 1 amide bonds. The first kappa shape index (κ1) is 17.9. The number of aryl methyl sites for hydroxylation is 1. The number of hydrogen-bond acceptors (Lipinski definition) is 4. The van der Waals surface area contributed by atoms with E-state index in [-0.39, 0.29) is 18.5 Å². The average molecular weight is 345 g/mol. The van der Waals surface area contributed by atoms with Crippen molar-refractivity contribution in [3.05, 3.63) is 29.8 Å². The van der Waals surface area contributed by atoms with Crippen molar-refractivity contribution in [2.45, 2.75) is 31.7 Å². The lowest BCUT2D eigenvalue weighted by Gasteiger charge is -2.37. The van der Waals surface area contributed by atoms with E-state index in [4.69, 9.17) is 5.11 Å². The lowest BCUT2D eigenvalue weighted by Crippen LogP contribution is -2.48. The minimum Gasteiger partial charge on any atom is -0.480 e. The van der Waals surface area contributed by atoms with Crippen molar-refractivity contribution in [2.75, 3.05) is 44.7 Å². The van der Waals surface area contributed by atoms with Gasteiger partial charge in [-0.15, -0.1) is 0 Å². The van der Waals surface area contributed by atoms with Crippen LogP contribution in [0.15, 0.2) is 24.3 Å². The van der Waals surface area contributed by atoms with Gasteiger partial charge in [-0.25, -0.2) is 0 Å². The van der Waals surface area contributed by atoms with Crippen LogP contribution in [0, 0.1) is 0 Å². The molecule has 0 aliphatic carbocycles. The second kappa shape index (κ2) is 7.97. The number of anilines is 1. The van der Waals surface area contributed by atoms with Gasteiger partial charge in [0.15, 0.2) is 0 Å². The van der Waals surface area contributed by atoms with Crippen molar-refractivity contribution in [2.24, 2.45) is 0 Å². The number of carbonyl (C=O) groups excluding carboxylic acids is 1. The van der Waals surface area contributed by atoms with Gasteiger partial charge in [-0.3, -0.25) is 19.4 Å². The van der Waals surface area contributed by atoms with Crippen molar-refractivity contribution in [1.82, 2.24) is 9.80 Å². The fourth-order valence-electron chi connectivity index (χ4n) is 3.93. The van der Waals surface area contributed by atoms with Gasteiger partial charge in [0.1, 0.15) is 0 Å². The summed E-state index contributed by atoms with van der Waals surface area (Å²) in [5.74, 6) is -0.617. The Morgan fingerprint density at radius 1 is 1.20 bits per heavy atom. The number of amides is 1. The molecule has 0 unspecified atom stereocenters. The van der Waals surface area contributed by atoms with Gasteiger partial charge >= 0.3 is 5.97 Å². The Hall–Kier alpha value is -1.92. The van der Waals surface area contributed by atoms with Crippen LogP contribution in [0.3, 0.4) is 0 Å². The number of hydrogen-bond donors (Lipinski definition) is 1. The summed E-state index contributed by atoms with van der Waals surface area (Å²) in [5, 5.41) is 8.91. The molecule has 0 bridgehead atoms. The van der Waals surface area contributed by atoms with Crippen LogP contribution in [0.2, 0.25) is 0 Å². The summed E-state index contributed by atoms with van der Waals surface area (Å²) in [4.78, 5) is 29.7. The van der Waals surface area contributed by atoms with Gasteiger partial charge in [0.2, 0.25) is 5.91 Å². The van der Waals surface area contributed by atoms with E-state index in [1.54, 1.807) is 0 Å². The van der Waals surface area contributed by atoms with Crippen LogP contribution in [0.5, 0.6) is 0 Å². The Balaban J connectivity index is 1.53. The lowest BCUT2D eigenvalue weighted by molar-refractivity contribution is -0.138. The molecule has 1 saturated heterocycles. The Bertz CT molecular complexity index is 626. The van der Waals surface area contributed by atoms with Crippen LogP contribution in [0.4, 0.5) is 5.69 Å².